The minimum atomic E-state index is -0.376. The van der Waals surface area contributed by atoms with Crippen LogP contribution in [-0.4, -0.2) is 22.9 Å². The number of anilines is 1. The van der Waals surface area contributed by atoms with Crippen LogP contribution in [0, 0.1) is 6.92 Å². The molecule has 23 heavy (non-hydrogen) atoms. The molecule has 0 aliphatic heterocycles. The van der Waals surface area contributed by atoms with Crippen molar-refractivity contribution in [1.29, 1.82) is 0 Å². The number of hydrogen-bond acceptors (Lipinski definition) is 6. The Morgan fingerprint density at radius 2 is 2.30 bits per heavy atom. The Balaban J connectivity index is 1.85. The van der Waals surface area contributed by atoms with Gasteiger partial charge in [-0.05, 0) is 36.8 Å². The Hall–Kier alpha value is -1.57. The van der Waals surface area contributed by atoms with Gasteiger partial charge in [0.05, 0.1) is 23.3 Å². The van der Waals surface area contributed by atoms with Crippen LogP contribution in [0.2, 0.25) is 0 Å². The molecule has 7 heteroatoms. The van der Waals surface area contributed by atoms with E-state index in [1.54, 1.807) is 28.9 Å². The van der Waals surface area contributed by atoms with E-state index in [-0.39, 0.29) is 12.7 Å². The smallest absolute Gasteiger partial charge is 0.109 e. The van der Waals surface area contributed by atoms with E-state index in [1.165, 1.54) is 9.75 Å². The summed E-state index contributed by atoms with van der Waals surface area (Å²) in [7, 11) is 0. The molecule has 1 unspecified atom stereocenters. The van der Waals surface area contributed by atoms with Gasteiger partial charge < -0.3 is 11.1 Å². The first-order chi connectivity index (χ1) is 11.2. The molecular weight excluding hydrogens is 331 g/mol. The SMILES string of the molecule is Cc1c(CC(N)CCF)sc2c(NCc3cccs3)cnnc12. The summed E-state index contributed by atoms with van der Waals surface area (Å²) in [5.41, 5.74) is 8.99. The van der Waals surface area contributed by atoms with E-state index in [0.717, 1.165) is 28.0 Å². The summed E-state index contributed by atoms with van der Waals surface area (Å²) in [6.45, 7) is 2.43. The van der Waals surface area contributed by atoms with Crippen LogP contribution in [0.1, 0.15) is 21.7 Å². The van der Waals surface area contributed by atoms with Crippen molar-refractivity contribution >= 4 is 38.6 Å². The zero-order valence-electron chi connectivity index (χ0n) is 12.9. The average Bonchev–Trinajstić information content (AvgIpc) is 3.15. The Morgan fingerprint density at radius 1 is 1.43 bits per heavy atom. The van der Waals surface area contributed by atoms with E-state index in [0.29, 0.717) is 12.8 Å². The first kappa shape index (κ1) is 16.3. The summed E-state index contributed by atoms with van der Waals surface area (Å²) in [5, 5.41) is 13.9. The van der Waals surface area contributed by atoms with Crippen molar-refractivity contribution in [2.75, 3.05) is 12.0 Å². The van der Waals surface area contributed by atoms with E-state index in [9.17, 15) is 4.39 Å². The quantitative estimate of drug-likeness (QED) is 0.678. The maximum absolute atomic E-state index is 12.4. The van der Waals surface area contributed by atoms with Crippen LogP contribution in [0.5, 0.6) is 0 Å². The Labute approximate surface area is 142 Å². The van der Waals surface area contributed by atoms with Gasteiger partial charge in [-0.3, -0.25) is 4.39 Å². The fourth-order valence-corrected chi connectivity index (χ4v) is 4.42. The lowest BCUT2D eigenvalue weighted by Gasteiger charge is -2.07. The predicted octanol–water partition coefficient (Wildman–Crippen LogP) is 3.90. The summed E-state index contributed by atoms with van der Waals surface area (Å²) in [4.78, 5) is 2.44. The molecular formula is C16H19FN4S2. The van der Waals surface area contributed by atoms with E-state index < -0.39 is 0 Å². The van der Waals surface area contributed by atoms with Crippen LogP contribution in [0.15, 0.2) is 23.7 Å². The molecule has 0 aromatic carbocycles. The van der Waals surface area contributed by atoms with Crippen LogP contribution in [0.25, 0.3) is 10.2 Å². The minimum Gasteiger partial charge on any atom is -0.378 e. The number of halogens is 1. The first-order valence-electron chi connectivity index (χ1n) is 7.50. The standard InChI is InChI=1S/C16H19FN4S2/c1-10-14(7-11(18)4-5-17)23-16-13(9-20-21-15(10)16)19-8-12-3-2-6-22-12/h2-3,6,9,11H,4-5,7-8,18H2,1H3,(H,19,21). The van der Waals surface area contributed by atoms with Gasteiger partial charge in [0, 0.05) is 22.3 Å². The molecule has 3 rings (SSSR count). The molecule has 0 fully saturated rings. The maximum Gasteiger partial charge on any atom is 0.109 e. The molecule has 122 valence electrons. The number of nitrogens with two attached hydrogens (primary N) is 1. The fraction of sp³-hybridized carbons (Fsp3) is 0.375. The predicted molar refractivity (Wildman–Crippen MR) is 96.1 cm³/mol. The second kappa shape index (κ2) is 7.33. The summed E-state index contributed by atoms with van der Waals surface area (Å²) >= 11 is 3.40. The Bertz CT molecular complexity index is 770. The highest BCUT2D eigenvalue weighted by Crippen LogP contribution is 2.34. The Kier molecular flexibility index (Phi) is 5.20. The van der Waals surface area contributed by atoms with Crippen molar-refractivity contribution in [3.63, 3.8) is 0 Å². The molecule has 0 aliphatic carbocycles. The lowest BCUT2D eigenvalue weighted by atomic mass is 10.1. The summed E-state index contributed by atoms with van der Waals surface area (Å²) < 4.78 is 13.5. The number of aryl methyl sites for hydroxylation is 1. The van der Waals surface area contributed by atoms with Gasteiger partial charge in [-0.2, -0.15) is 5.10 Å². The third-order valence-corrected chi connectivity index (χ3v) is 5.98. The van der Waals surface area contributed by atoms with Crippen molar-refractivity contribution in [2.24, 2.45) is 5.73 Å². The van der Waals surface area contributed by atoms with Crippen LogP contribution < -0.4 is 11.1 Å². The number of nitrogens with one attached hydrogen (secondary N) is 1. The highest BCUT2D eigenvalue weighted by atomic mass is 32.1. The zero-order chi connectivity index (χ0) is 16.2. The molecule has 3 N–H and O–H groups in total. The number of alkyl halides is 1. The van der Waals surface area contributed by atoms with Crippen LogP contribution in [0.4, 0.5) is 10.1 Å². The van der Waals surface area contributed by atoms with Crippen molar-refractivity contribution < 1.29 is 4.39 Å². The van der Waals surface area contributed by atoms with Crippen molar-refractivity contribution in [3.05, 3.63) is 39.0 Å². The molecule has 0 saturated carbocycles. The molecule has 3 aromatic rings. The van der Waals surface area contributed by atoms with Crippen LogP contribution in [-0.2, 0) is 13.0 Å². The lowest BCUT2D eigenvalue weighted by Crippen LogP contribution is -2.23. The van der Waals surface area contributed by atoms with Gasteiger partial charge in [-0.25, -0.2) is 0 Å². The third kappa shape index (κ3) is 3.68. The van der Waals surface area contributed by atoms with Crippen molar-refractivity contribution in [1.82, 2.24) is 10.2 Å². The first-order valence-corrected chi connectivity index (χ1v) is 9.20. The zero-order valence-corrected chi connectivity index (χ0v) is 14.5. The molecule has 0 spiro atoms. The number of fused-ring (bicyclic) bond motifs is 1. The van der Waals surface area contributed by atoms with Gasteiger partial charge in [-0.15, -0.1) is 27.8 Å². The van der Waals surface area contributed by atoms with Gasteiger partial charge in [0.15, 0.2) is 0 Å². The lowest BCUT2D eigenvalue weighted by molar-refractivity contribution is 0.436. The molecule has 0 radical (unpaired) electrons. The molecule has 0 bridgehead atoms. The van der Waals surface area contributed by atoms with Gasteiger partial charge in [0.2, 0.25) is 0 Å². The van der Waals surface area contributed by atoms with Crippen LogP contribution in [0.3, 0.4) is 0 Å². The maximum atomic E-state index is 12.4. The van der Waals surface area contributed by atoms with E-state index in [1.807, 2.05) is 13.0 Å². The molecule has 3 aromatic heterocycles. The summed E-state index contributed by atoms with van der Waals surface area (Å²) in [6, 6.07) is 3.99. The van der Waals surface area contributed by atoms with Gasteiger partial charge >= 0.3 is 0 Å². The van der Waals surface area contributed by atoms with Crippen LogP contribution >= 0.6 is 22.7 Å². The van der Waals surface area contributed by atoms with Crippen molar-refractivity contribution in [3.8, 4) is 0 Å². The van der Waals surface area contributed by atoms with E-state index >= 15 is 0 Å². The van der Waals surface area contributed by atoms with Gasteiger partial charge in [0.1, 0.15) is 5.52 Å². The van der Waals surface area contributed by atoms with Gasteiger partial charge in [0.25, 0.3) is 0 Å². The Morgan fingerprint density at radius 3 is 3.04 bits per heavy atom. The normalized spacial score (nSPS) is 12.7. The number of thiophene rings is 2. The van der Waals surface area contributed by atoms with E-state index in [4.69, 9.17) is 5.73 Å². The second-order valence-electron chi connectivity index (χ2n) is 5.46. The summed E-state index contributed by atoms with van der Waals surface area (Å²) in [5.74, 6) is 0. The highest BCUT2D eigenvalue weighted by molar-refractivity contribution is 7.19. The second-order valence-corrected chi connectivity index (χ2v) is 7.60. The third-order valence-electron chi connectivity index (χ3n) is 3.76. The number of rotatable bonds is 7. The highest BCUT2D eigenvalue weighted by Gasteiger charge is 2.16. The molecule has 0 saturated heterocycles. The fourth-order valence-electron chi connectivity index (χ4n) is 2.45. The number of nitrogens with zero attached hydrogens (tertiary/aromatic N) is 2. The van der Waals surface area contributed by atoms with Gasteiger partial charge in [-0.1, -0.05) is 6.07 Å². The average molecular weight is 350 g/mol. The number of hydrogen-bond donors (Lipinski definition) is 2. The molecule has 0 aliphatic rings. The number of aromatic nitrogens is 2. The molecule has 4 nitrogen and oxygen atoms in total. The molecule has 0 amide bonds. The van der Waals surface area contributed by atoms with Crippen molar-refractivity contribution in [2.45, 2.75) is 32.4 Å². The largest absolute Gasteiger partial charge is 0.378 e. The molecule has 3 heterocycles. The monoisotopic (exact) mass is 350 g/mol. The molecule has 1 atom stereocenters. The summed E-state index contributed by atoms with van der Waals surface area (Å²) in [6.07, 6.45) is 2.83. The van der Waals surface area contributed by atoms with E-state index in [2.05, 4.69) is 27.0 Å². The minimum absolute atomic E-state index is 0.151. The topological polar surface area (TPSA) is 63.8 Å².